The van der Waals surface area contributed by atoms with E-state index in [1.807, 2.05) is 12.1 Å². The Labute approximate surface area is 148 Å². The number of aryl methyl sites for hydroxylation is 2. The van der Waals surface area contributed by atoms with E-state index in [1.165, 1.54) is 36.8 Å². The largest absolute Gasteiger partial charge is 0.468 e. The molecule has 2 aliphatic rings. The molecule has 2 heterocycles. The molecule has 1 aliphatic heterocycles. The maximum atomic E-state index is 6.14. The van der Waals surface area contributed by atoms with E-state index in [4.69, 9.17) is 10.2 Å². The van der Waals surface area contributed by atoms with E-state index < -0.39 is 0 Å². The molecule has 1 unspecified atom stereocenters. The first-order chi connectivity index (χ1) is 12.3. The number of hydrogen-bond acceptors (Lipinski definition) is 3. The first-order valence-electron chi connectivity index (χ1n) is 9.26. The lowest BCUT2D eigenvalue weighted by Crippen LogP contribution is -2.30. The lowest BCUT2D eigenvalue weighted by molar-refractivity contribution is 0.221. The highest BCUT2D eigenvalue weighted by Crippen LogP contribution is 2.26. The monoisotopic (exact) mass is 338 g/mol. The summed E-state index contributed by atoms with van der Waals surface area (Å²) in [5, 5.41) is 3.24. The van der Waals surface area contributed by atoms with Crippen molar-refractivity contribution in [2.75, 3.05) is 25.0 Å². The SMILES string of the molecule is NC(=NCC(c1ccco1)N1CCCC1)Nc1ccc2c(c1)CCC2. The van der Waals surface area contributed by atoms with E-state index in [1.54, 1.807) is 6.26 Å². The van der Waals surface area contributed by atoms with Gasteiger partial charge in [0.25, 0.3) is 0 Å². The average Bonchev–Trinajstić information content (AvgIpc) is 3.37. The molecule has 5 nitrogen and oxygen atoms in total. The summed E-state index contributed by atoms with van der Waals surface area (Å²) in [6.45, 7) is 2.80. The van der Waals surface area contributed by atoms with Gasteiger partial charge < -0.3 is 15.5 Å². The van der Waals surface area contributed by atoms with Crippen LogP contribution in [0.15, 0.2) is 46.0 Å². The lowest BCUT2D eigenvalue weighted by atomic mass is 10.1. The Bertz CT molecular complexity index is 732. The van der Waals surface area contributed by atoms with Crippen LogP contribution in [0.3, 0.4) is 0 Å². The maximum Gasteiger partial charge on any atom is 0.193 e. The van der Waals surface area contributed by atoms with E-state index in [0.29, 0.717) is 12.5 Å². The molecule has 1 aromatic heterocycles. The second kappa shape index (κ2) is 7.31. The van der Waals surface area contributed by atoms with Gasteiger partial charge in [-0.3, -0.25) is 9.89 Å². The number of fused-ring (bicyclic) bond motifs is 1. The van der Waals surface area contributed by atoms with Crippen molar-refractivity contribution in [1.82, 2.24) is 4.90 Å². The van der Waals surface area contributed by atoms with Gasteiger partial charge in [-0.05, 0) is 80.6 Å². The van der Waals surface area contributed by atoms with Crippen molar-refractivity contribution in [1.29, 1.82) is 0 Å². The summed E-state index contributed by atoms with van der Waals surface area (Å²) in [5.41, 5.74) is 10.1. The van der Waals surface area contributed by atoms with E-state index in [2.05, 4.69) is 33.4 Å². The summed E-state index contributed by atoms with van der Waals surface area (Å²) >= 11 is 0. The lowest BCUT2D eigenvalue weighted by Gasteiger charge is -2.24. The molecule has 2 aromatic rings. The molecule has 0 bridgehead atoms. The van der Waals surface area contributed by atoms with Crippen LogP contribution in [0, 0.1) is 0 Å². The van der Waals surface area contributed by atoms with Gasteiger partial charge in [0.05, 0.1) is 18.8 Å². The van der Waals surface area contributed by atoms with Gasteiger partial charge in [0, 0.05) is 5.69 Å². The fourth-order valence-electron chi connectivity index (χ4n) is 3.94. The highest BCUT2D eigenvalue weighted by molar-refractivity contribution is 5.92. The first-order valence-corrected chi connectivity index (χ1v) is 9.26. The fourth-order valence-corrected chi connectivity index (χ4v) is 3.94. The molecule has 3 N–H and O–H groups in total. The minimum Gasteiger partial charge on any atom is -0.468 e. The maximum absolute atomic E-state index is 6.14. The molecule has 0 saturated carbocycles. The topological polar surface area (TPSA) is 66.8 Å². The molecule has 25 heavy (non-hydrogen) atoms. The molecule has 1 fully saturated rings. The number of nitrogens with one attached hydrogen (secondary N) is 1. The summed E-state index contributed by atoms with van der Waals surface area (Å²) in [4.78, 5) is 7.03. The molecule has 0 radical (unpaired) electrons. The molecule has 1 aromatic carbocycles. The van der Waals surface area contributed by atoms with E-state index in [9.17, 15) is 0 Å². The van der Waals surface area contributed by atoms with Crippen molar-refractivity contribution in [3.05, 3.63) is 53.5 Å². The summed E-state index contributed by atoms with van der Waals surface area (Å²) in [7, 11) is 0. The Morgan fingerprint density at radius 2 is 2.00 bits per heavy atom. The van der Waals surface area contributed by atoms with Crippen molar-refractivity contribution in [3.8, 4) is 0 Å². The Morgan fingerprint density at radius 1 is 1.16 bits per heavy atom. The predicted molar refractivity (Wildman–Crippen MR) is 101 cm³/mol. The van der Waals surface area contributed by atoms with Crippen LogP contribution in [0.5, 0.6) is 0 Å². The molecule has 5 heteroatoms. The molecule has 1 saturated heterocycles. The first kappa shape index (κ1) is 16.2. The molecule has 1 atom stereocenters. The zero-order valence-corrected chi connectivity index (χ0v) is 14.6. The molecular weight excluding hydrogens is 312 g/mol. The summed E-state index contributed by atoms with van der Waals surface area (Å²) in [6.07, 6.45) is 7.82. The molecular formula is C20H26N4O. The number of benzene rings is 1. The highest BCUT2D eigenvalue weighted by atomic mass is 16.3. The molecule has 132 valence electrons. The number of guanidine groups is 1. The number of aliphatic imine (C=N–C) groups is 1. The van der Waals surface area contributed by atoms with E-state index in [-0.39, 0.29) is 6.04 Å². The van der Waals surface area contributed by atoms with Crippen LogP contribution in [0.25, 0.3) is 0 Å². The van der Waals surface area contributed by atoms with Gasteiger partial charge >= 0.3 is 0 Å². The smallest absolute Gasteiger partial charge is 0.193 e. The van der Waals surface area contributed by atoms with Crippen molar-refractivity contribution in [2.45, 2.75) is 38.1 Å². The van der Waals surface area contributed by atoms with Gasteiger partial charge in [-0.25, -0.2) is 0 Å². The number of anilines is 1. The van der Waals surface area contributed by atoms with Crippen LogP contribution >= 0.6 is 0 Å². The third-order valence-electron chi connectivity index (χ3n) is 5.26. The number of nitrogens with zero attached hydrogens (tertiary/aromatic N) is 2. The summed E-state index contributed by atoms with van der Waals surface area (Å²) in [5.74, 6) is 1.43. The highest BCUT2D eigenvalue weighted by Gasteiger charge is 2.25. The second-order valence-corrected chi connectivity index (χ2v) is 6.96. The van der Waals surface area contributed by atoms with Crippen LogP contribution in [0.1, 0.15) is 42.2 Å². The Balaban J connectivity index is 1.43. The van der Waals surface area contributed by atoms with Gasteiger partial charge in [-0.2, -0.15) is 0 Å². The third-order valence-corrected chi connectivity index (χ3v) is 5.26. The van der Waals surface area contributed by atoms with Gasteiger partial charge in [-0.1, -0.05) is 6.07 Å². The summed E-state index contributed by atoms with van der Waals surface area (Å²) < 4.78 is 5.64. The summed E-state index contributed by atoms with van der Waals surface area (Å²) in [6, 6.07) is 10.6. The Kier molecular flexibility index (Phi) is 4.74. The minimum absolute atomic E-state index is 0.165. The molecule has 4 rings (SSSR count). The number of likely N-dealkylation sites (tertiary alicyclic amines) is 1. The van der Waals surface area contributed by atoms with E-state index >= 15 is 0 Å². The van der Waals surface area contributed by atoms with Gasteiger partial charge in [0.15, 0.2) is 5.96 Å². The quantitative estimate of drug-likeness (QED) is 0.648. The van der Waals surface area contributed by atoms with Crippen molar-refractivity contribution >= 4 is 11.6 Å². The Hall–Kier alpha value is -2.27. The van der Waals surface area contributed by atoms with Gasteiger partial charge in [-0.15, -0.1) is 0 Å². The van der Waals surface area contributed by atoms with E-state index in [0.717, 1.165) is 31.0 Å². The molecule has 0 amide bonds. The fraction of sp³-hybridized carbons (Fsp3) is 0.450. The van der Waals surface area contributed by atoms with Crippen LogP contribution in [0.4, 0.5) is 5.69 Å². The Morgan fingerprint density at radius 3 is 2.80 bits per heavy atom. The van der Waals surface area contributed by atoms with Crippen LogP contribution in [-0.4, -0.2) is 30.5 Å². The van der Waals surface area contributed by atoms with Crippen LogP contribution in [-0.2, 0) is 12.8 Å². The van der Waals surface area contributed by atoms with Crippen molar-refractivity contribution < 1.29 is 4.42 Å². The predicted octanol–water partition coefficient (Wildman–Crippen LogP) is 3.33. The minimum atomic E-state index is 0.165. The number of furan rings is 1. The second-order valence-electron chi connectivity index (χ2n) is 6.96. The van der Waals surface area contributed by atoms with Crippen LogP contribution < -0.4 is 11.1 Å². The molecule has 1 aliphatic carbocycles. The van der Waals surface area contributed by atoms with Gasteiger partial charge in [0.1, 0.15) is 5.76 Å². The van der Waals surface area contributed by atoms with Crippen LogP contribution in [0.2, 0.25) is 0 Å². The zero-order chi connectivity index (χ0) is 17.1. The normalized spacial score (nSPS) is 19.1. The van der Waals surface area contributed by atoms with Crippen molar-refractivity contribution in [3.63, 3.8) is 0 Å². The molecule has 0 spiro atoms. The average molecular weight is 338 g/mol. The van der Waals surface area contributed by atoms with Gasteiger partial charge in [0.2, 0.25) is 0 Å². The number of hydrogen-bond donors (Lipinski definition) is 2. The standard InChI is InChI=1S/C20H26N4O/c21-20(23-17-9-8-15-5-3-6-16(15)13-17)22-14-18(19-7-4-12-25-19)24-10-1-2-11-24/h4,7-9,12-13,18H,1-3,5-6,10-11,14H2,(H3,21,22,23). The number of rotatable bonds is 5. The third kappa shape index (κ3) is 3.71. The number of nitrogens with two attached hydrogens (primary N) is 1. The van der Waals surface area contributed by atoms with Crippen molar-refractivity contribution in [2.24, 2.45) is 10.7 Å². The zero-order valence-electron chi connectivity index (χ0n) is 14.6.